The molecule has 0 spiro atoms. The van der Waals surface area contributed by atoms with Crippen molar-refractivity contribution in [2.45, 2.75) is 20.0 Å². The Kier molecular flexibility index (Phi) is 4.73. The molecule has 2 aromatic rings. The number of hydrogen-bond acceptors (Lipinski definition) is 3. The van der Waals surface area contributed by atoms with Gasteiger partial charge in [0.2, 0.25) is 0 Å². The standard InChI is InChI=1S/C15H18N2O/c1-2-18-15-8-4-3-7-14(15)12-17-11-13-6-5-9-16-10-13/h3-10,17H,2,11-12H2,1H3. The molecule has 0 bridgehead atoms. The first-order valence-electron chi connectivity index (χ1n) is 6.20. The highest BCUT2D eigenvalue weighted by atomic mass is 16.5. The fraction of sp³-hybridized carbons (Fsp3) is 0.267. The van der Waals surface area contributed by atoms with Gasteiger partial charge in [-0.2, -0.15) is 0 Å². The number of hydrogen-bond donors (Lipinski definition) is 1. The predicted octanol–water partition coefficient (Wildman–Crippen LogP) is 2.77. The van der Waals surface area contributed by atoms with Crippen LogP contribution in [0, 0.1) is 0 Å². The second kappa shape index (κ2) is 6.77. The normalized spacial score (nSPS) is 10.3. The number of aromatic nitrogens is 1. The maximum Gasteiger partial charge on any atom is 0.123 e. The van der Waals surface area contributed by atoms with Crippen LogP contribution >= 0.6 is 0 Å². The van der Waals surface area contributed by atoms with Crippen LogP contribution in [0.15, 0.2) is 48.8 Å². The summed E-state index contributed by atoms with van der Waals surface area (Å²) in [4.78, 5) is 4.09. The highest BCUT2D eigenvalue weighted by Crippen LogP contribution is 2.17. The summed E-state index contributed by atoms with van der Waals surface area (Å²) in [5, 5.41) is 3.40. The van der Waals surface area contributed by atoms with E-state index in [2.05, 4.69) is 22.4 Å². The van der Waals surface area contributed by atoms with E-state index in [0.29, 0.717) is 6.61 Å². The van der Waals surface area contributed by atoms with Crippen molar-refractivity contribution in [2.75, 3.05) is 6.61 Å². The zero-order chi connectivity index (χ0) is 12.6. The summed E-state index contributed by atoms with van der Waals surface area (Å²) in [6, 6.07) is 12.1. The second-order valence-corrected chi connectivity index (χ2v) is 4.01. The summed E-state index contributed by atoms with van der Waals surface area (Å²) < 4.78 is 5.59. The molecule has 18 heavy (non-hydrogen) atoms. The van der Waals surface area contributed by atoms with Crippen molar-refractivity contribution in [3.05, 3.63) is 59.9 Å². The lowest BCUT2D eigenvalue weighted by atomic mass is 10.2. The number of benzene rings is 1. The molecule has 0 unspecified atom stereocenters. The third-order valence-electron chi connectivity index (χ3n) is 2.64. The highest BCUT2D eigenvalue weighted by Gasteiger charge is 2.01. The van der Waals surface area contributed by atoms with Crippen LogP contribution in [0.4, 0.5) is 0 Å². The van der Waals surface area contributed by atoms with Crippen molar-refractivity contribution in [1.29, 1.82) is 0 Å². The summed E-state index contributed by atoms with van der Waals surface area (Å²) in [6.07, 6.45) is 3.66. The smallest absolute Gasteiger partial charge is 0.123 e. The molecule has 0 aliphatic rings. The first-order chi connectivity index (χ1) is 8.90. The van der Waals surface area contributed by atoms with Crippen molar-refractivity contribution >= 4 is 0 Å². The predicted molar refractivity (Wildman–Crippen MR) is 72.4 cm³/mol. The SMILES string of the molecule is CCOc1ccccc1CNCc1cccnc1. The number of nitrogens with zero attached hydrogens (tertiary/aromatic N) is 1. The van der Waals surface area contributed by atoms with Gasteiger partial charge in [0.15, 0.2) is 0 Å². The minimum absolute atomic E-state index is 0.694. The van der Waals surface area contributed by atoms with Crippen molar-refractivity contribution in [1.82, 2.24) is 10.3 Å². The Morgan fingerprint density at radius 1 is 1.11 bits per heavy atom. The average Bonchev–Trinajstić information content (AvgIpc) is 2.42. The molecular weight excluding hydrogens is 224 g/mol. The summed E-state index contributed by atoms with van der Waals surface area (Å²) in [7, 11) is 0. The van der Waals surface area contributed by atoms with Crippen molar-refractivity contribution in [3.63, 3.8) is 0 Å². The Bertz CT molecular complexity index is 471. The maximum absolute atomic E-state index is 5.59. The number of pyridine rings is 1. The lowest BCUT2D eigenvalue weighted by Crippen LogP contribution is -2.13. The van der Waals surface area contributed by atoms with Gasteiger partial charge < -0.3 is 10.1 Å². The lowest BCUT2D eigenvalue weighted by molar-refractivity contribution is 0.335. The average molecular weight is 242 g/mol. The van der Waals surface area contributed by atoms with E-state index in [4.69, 9.17) is 4.74 Å². The van der Waals surface area contributed by atoms with Crippen LogP contribution in [0.25, 0.3) is 0 Å². The van der Waals surface area contributed by atoms with Crippen LogP contribution in [-0.2, 0) is 13.1 Å². The van der Waals surface area contributed by atoms with Gasteiger partial charge in [-0.15, -0.1) is 0 Å². The zero-order valence-corrected chi connectivity index (χ0v) is 10.6. The molecule has 0 atom stereocenters. The maximum atomic E-state index is 5.59. The Hall–Kier alpha value is -1.87. The summed E-state index contributed by atoms with van der Waals surface area (Å²) in [5.74, 6) is 0.957. The molecule has 1 heterocycles. The molecule has 3 nitrogen and oxygen atoms in total. The van der Waals surface area contributed by atoms with Gasteiger partial charge in [-0.25, -0.2) is 0 Å². The largest absolute Gasteiger partial charge is 0.494 e. The molecule has 0 fully saturated rings. The molecule has 0 saturated carbocycles. The third-order valence-corrected chi connectivity index (χ3v) is 2.64. The van der Waals surface area contributed by atoms with Crippen LogP contribution in [0.2, 0.25) is 0 Å². The topological polar surface area (TPSA) is 34.1 Å². The lowest BCUT2D eigenvalue weighted by Gasteiger charge is -2.10. The number of para-hydroxylation sites is 1. The Morgan fingerprint density at radius 3 is 2.78 bits per heavy atom. The van der Waals surface area contributed by atoms with Crippen LogP contribution in [-0.4, -0.2) is 11.6 Å². The molecule has 0 aliphatic heterocycles. The zero-order valence-electron chi connectivity index (χ0n) is 10.6. The summed E-state index contributed by atoms with van der Waals surface area (Å²) in [6.45, 7) is 4.30. The minimum Gasteiger partial charge on any atom is -0.494 e. The third kappa shape index (κ3) is 3.57. The van der Waals surface area contributed by atoms with Gasteiger partial charge in [0.1, 0.15) is 5.75 Å². The van der Waals surface area contributed by atoms with Crippen molar-refractivity contribution in [3.8, 4) is 5.75 Å². The first-order valence-corrected chi connectivity index (χ1v) is 6.20. The van der Waals surface area contributed by atoms with Crippen LogP contribution in [0.5, 0.6) is 5.75 Å². The number of rotatable bonds is 6. The molecule has 0 amide bonds. The fourth-order valence-electron chi connectivity index (χ4n) is 1.79. The van der Waals surface area contributed by atoms with E-state index in [1.807, 2.05) is 37.4 Å². The summed E-state index contributed by atoms with van der Waals surface area (Å²) >= 11 is 0. The van der Waals surface area contributed by atoms with Crippen LogP contribution < -0.4 is 10.1 Å². The minimum atomic E-state index is 0.694. The quantitative estimate of drug-likeness (QED) is 0.845. The number of ether oxygens (including phenoxy) is 1. The molecule has 2 rings (SSSR count). The van der Waals surface area contributed by atoms with E-state index >= 15 is 0 Å². The summed E-state index contributed by atoms with van der Waals surface area (Å²) in [5.41, 5.74) is 2.37. The van der Waals surface area contributed by atoms with Gasteiger partial charge in [0, 0.05) is 31.0 Å². The van der Waals surface area contributed by atoms with Gasteiger partial charge in [-0.1, -0.05) is 24.3 Å². The second-order valence-electron chi connectivity index (χ2n) is 4.01. The van der Waals surface area contributed by atoms with E-state index in [1.165, 1.54) is 11.1 Å². The van der Waals surface area contributed by atoms with Crippen LogP contribution in [0.3, 0.4) is 0 Å². The van der Waals surface area contributed by atoms with E-state index in [-0.39, 0.29) is 0 Å². The van der Waals surface area contributed by atoms with E-state index in [9.17, 15) is 0 Å². The monoisotopic (exact) mass is 242 g/mol. The van der Waals surface area contributed by atoms with E-state index < -0.39 is 0 Å². The highest BCUT2D eigenvalue weighted by molar-refractivity contribution is 5.33. The molecule has 3 heteroatoms. The number of nitrogens with one attached hydrogen (secondary N) is 1. The van der Waals surface area contributed by atoms with Crippen LogP contribution in [0.1, 0.15) is 18.1 Å². The molecule has 1 aromatic carbocycles. The van der Waals surface area contributed by atoms with Gasteiger partial charge >= 0.3 is 0 Å². The molecule has 0 aliphatic carbocycles. The van der Waals surface area contributed by atoms with Crippen molar-refractivity contribution < 1.29 is 4.74 Å². The molecule has 0 radical (unpaired) electrons. The fourth-order valence-corrected chi connectivity index (χ4v) is 1.79. The Morgan fingerprint density at radius 2 is 2.00 bits per heavy atom. The molecule has 1 N–H and O–H groups in total. The molecular formula is C15H18N2O. The Labute approximate surface area is 108 Å². The first kappa shape index (κ1) is 12.6. The Balaban J connectivity index is 1.90. The molecule has 1 aromatic heterocycles. The molecule has 94 valence electrons. The van der Waals surface area contributed by atoms with Gasteiger partial charge in [-0.3, -0.25) is 4.98 Å². The van der Waals surface area contributed by atoms with Gasteiger partial charge in [-0.05, 0) is 24.6 Å². The molecule has 0 saturated heterocycles. The van der Waals surface area contributed by atoms with E-state index in [1.54, 1.807) is 6.20 Å². The van der Waals surface area contributed by atoms with Gasteiger partial charge in [0.05, 0.1) is 6.61 Å². The van der Waals surface area contributed by atoms with E-state index in [0.717, 1.165) is 18.8 Å². The van der Waals surface area contributed by atoms with Crippen molar-refractivity contribution in [2.24, 2.45) is 0 Å². The van der Waals surface area contributed by atoms with Gasteiger partial charge in [0.25, 0.3) is 0 Å².